The lowest BCUT2D eigenvalue weighted by Crippen LogP contribution is -2.50. The minimum Gasteiger partial charge on any atom is -0.350 e. The third kappa shape index (κ3) is 4.23. The summed E-state index contributed by atoms with van der Waals surface area (Å²) in [5, 5.41) is 7.62. The van der Waals surface area contributed by atoms with Gasteiger partial charge in [0.1, 0.15) is 0 Å². The van der Waals surface area contributed by atoms with Gasteiger partial charge < -0.3 is 5.32 Å². The molecule has 0 bridgehead atoms. The molecular weight excluding hydrogens is 388 g/mol. The van der Waals surface area contributed by atoms with Gasteiger partial charge in [0.15, 0.2) is 9.84 Å². The monoisotopic (exact) mass is 416 g/mol. The first kappa shape index (κ1) is 20.1. The topological polar surface area (TPSA) is 84.3 Å². The summed E-state index contributed by atoms with van der Waals surface area (Å²) >= 11 is 0. The van der Waals surface area contributed by atoms with Gasteiger partial charge in [-0.25, -0.2) is 13.1 Å². The van der Waals surface area contributed by atoms with Crippen LogP contribution in [0.25, 0.3) is 5.69 Å². The maximum Gasteiger partial charge on any atom is 0.224 e. The first-order valence-corrected chi connectivity index (χ1v) is 12.0. The maximum atomic E-state index is 12.8. The number of nitrogens with zero attached hydrogens (tertiary/aromatic N) is 3. The Bertz CT molecular complexity index is 994. The second-order valence-electron chi connectivity index (χ2n) is 8.13. The van der Waals surface area contributed by atoms with Crippen LogP contribution in [0, 0.1) is 13.8 Å². The van der Waals surface area contributed by atoms with Gasteiger partial charge >= 0.3 is 0 Å². The number of hydrogen-bond donors (Lipinski definition) is 1. The van der Waals surface area contributed by atoms with Crippen molar-refractivity contribution in [2.24, 2.45) is 0 Å². The Morgan fingerprint density at radius 1 is 1.14 bits per heavy atom. The van der Waals surface area contributed by atoms with E-state index in [1.807, 2.05) is 48.9 Å². The Morgan fingerprint density at radius 2 is 1.83 bits per heavy atom. The average Bonchev–Trinajstić information content (AvgIpc) is 3.37. The van der Waals surface area contributed by atoms with Crippen molar-refractivity contribution in [3.8, 4) is 5.69 Å². The highest BCUT2D eigenvalue weighted by Gasteiger charge is 2.42. The van der Waals surface area contributed by atoms with Crippen molar-refractivity contribution in [1.29, 1.82) is 0 Å². The van der Waals surface area contributed by atoms with Crippen LogP contribution >= 0.6 is 0 Å². The van der Waals surface area contributed by atoms with Crippen molar-refractivity contribution in [1.82, 2.24) is 20.0 Å². The molecule has 2 aromatic rings. The fourth-order valence-corrected chi connectivity index (χ4v) is 6.52. The molecule has 0 spiro atoms. The zero-order valence-electron chi connectivity index (χ0n) is 17.0. The highest BCUT2D eigenvalue weighted by molar-refractivity contribution is 7.91. The SMILES string of the molecule is Cc1nn(-c2ccccc2)c(C)c1CC(=O)NC1CS(=O)(=O)CC1N1CCCC1. The van der Waals surface area contributed by atoms with Crippen LogP contribution in [0.1, 0.15) is 29.8 Å². The molecule has 1 aromatic heterocycles. The molecule has 2 aliphatic rings. The summed E-state index contributed by atoms with van der Waals surface area (Å²) in [5.41, 5.74) is 3.59. The number of benzene rings is 1. The summed E-state index contributed by atoms with van der Waals surface area (Å²) < 4.78 is 26.3. The van der Waals surface area contributed by atoms with Crippen LogP contribution in [0.15, 0.2) is 30.3 Å². The minimum absolute atomic E-state index is 0.0289. The summed E-state index contributed by atoms with van der Waals surface area (Å²) in [6.07, 6.45) is 2.39. The quantitative estimate of drug-likeness (QED) is 0.797. The molecule has 29 heavy (non-hydrogen) atoms. The lowest BCUT2D eigenvalue weighted by atomic mass is 10.1. The Hall–Kier alpha value is -2.19. The normalized spacial score (nSPS) is 24.1. The zero-order chi connectivity index (χ0) is 20.6. The first-order valence-electron chi connectivity index (χ1n) is 10.2. The Labute approximate surface area is 172 Å². The Balaban J connectivity index is 1.49. The molecule has 2 atom stereocenters. The van der Waals surface area contributed by atoms with Crippen LogP contribution in [0.5, 0.6) is 0 Å². The molecule has 2 unspecified atom stereocenters. The maximum absolute atomic E-state index is 12.8. The van der Waals surface area contributed by atoms with Crippen LogP contribution in [0.3, 0.4) is 0 Å². The van der Waals surface area contributed by atoms with Gasteiger partial charge in [-0.2, -0.15) is 5.10 Å². The van der Waals surface area contributed by atoms with E-state index >= 15 is 0 Å². The van der Waals surface area contributed by atoms with E-state index in [-0.39, 0.29) is 35.9 Å². The largest absolute Gasteiger partial charge is 0.350 e. The summed E-state index contributed by atoms with van der Waals surface area (Å²) in [5.74, 6) is 0.0263. The van der Waals surface area contributed by atoms with Gasteiger partial charge in [0.2, 0.25) is 5.91 Å². The number of hydrogen-bond acceptors (Lipinski definition) is 5. The molecule has 2 aliphatic heterocycles. The summed E-state index contributed by atoms with van der Waals surface area (Å²) in [6, 6.07) is 9.38. The molecule has 0 saturated carbocycles. The van der Waals surface area contributed by atoms with Crippen LogP contribution in [0.2, 0.25) is 0 Å². The predicted octanol–water partition coefficient (Wildman–Crippen LogP) is 1.41. The molecule has 8 heteroatoms. The van der Waals surface area contributed by atoms with Gasteiger partial charge in [-0.05, 0) is 51.9 Å². The molecule has 1 N–H and O–H groups in total. The molecule has 7 nitrogen and oxygen atoms in total. The number of carbonyl (C=O) groups excluding carboxylic acids is 1. The van der Waals surface area contributed by atoms with Gasteiger partial charge in [0, 0.05) is 17.3 Å². The van der Waals surface area contributed by atoms with Crippen LogP contribution < -0.4 is 5.32 Å². The molecule has 2 fully saturated rings. The van der Waals surface area contributed by atoms with Gasteiger partial charge in [0.05, 0.1) is 35.3 Å². The highest BCUT2D eigenvalue weighted by atomic mass is 32.2. The summed E-state index contributed by atoms with van der Waals surface area (Å²) in [7, 11) is -3.12. The number of amides is 1. The number of aromatic nitrogens is 2. The fraction of sp³-hybridized carbons (Fsp3) is 0.524. The van der Waals surface area contributed by atoms with Crippen molar-refractivity contribution in [2.45, 2.75) is 45.2 Å². The Kier molecular flexibility index (Phi) is 5.48. The molecular formula is C21H28N4O3S. The first-order chi connectivity index (χ1) is 13.8. The second-order valence-corrected chi connectivity index (χ2v) is 10.3. The van der Waals surface area contributed by atoms with Gasteiger partial charge in [-0.1, -0.05) is 18.2 Å². The standard InChI is InChI=1S/C21H28N4O3S/c1-15-18(16(2)25(23-15)17-8-4-3-5-9-17)12-21(26)22-19-13-29(27,28)14-20(19)24-10-6-7-11-24/h3-5,8-9,19-20H,6-7,10-14H2,1-2H3,(H,22,26). The van der Waals surface area contributed by atoms with E-state index in [2.05, 4.69) is 15.3 Å². The molecule has 1 amide bonds. The number of likely N-dealkylation sites (tertiary alicyclic amines) is 1. The summed E-state index contributed by atoms with van der Waals surface area (Å²) in [4.78, 5) is 15.1. The van der Waals surface area contributed by atoms with Crippen molar-refractivity contribution in [3.05, 3.63) is 47.3 Å². The van der Waals surface area contributed by atoms with E-state index in [4.69, 9.17) is 0 Å². The van der Waals surface area contributed by atoms with E-state index in [0.29, 0.717) is 0 Å². The van der Waals surface area contributed by atoms with E-state index in [0.717, 1.165) is 48.6 Å². The number of aryl methyl sites for hydroxylation is 1. The van der Waals surface area contributed by atoms with Gasteiger partial charge in [-0.3, -0.25) is 9.69 Å². The highest BCUT2D eigenvalue weighted by Crippen LogP contribution is 2.23. The van der Waals surface area contributed by atoms with Crippen molar-refractivity contribution >= 4 is 15.7 Å². The van der Waals surface area contributed by atoms with Crippen molar-refractivity contribution in [3.63, 3.8) is 0 Å². The Morgan fingerprint density at radius 3 is 2.52 bits per heavy atom. The number of sulfone groups is 1. The second kappa shape index (κ2) is 7.91. The lowest BCUT2D eigenvalue weighted by Gasteiger charge is -2.28. The average molecular weight is 417 g/mol. The van der Waals surface area contributed by atoms with Crippen molar-refractivity contribution in [2.75, 3.05) is 24.6 Å². The molecule has 1 aromatic carbocycles. The zero-order valence-corrected chi connectivity index (χ0v) is 17.8. The summed E-state index contributed by atoms with van der Waals surface area (Å²) in [6.45, 7) is 5.69. The van der Waals surface area contributed by atoms with Crippen molar-refractivity contribution < 1.29 is 13.2 Å². The van der Waals surface area contributed by atoms with E-state index < -0.39 is 9.84 Å². The van der Waals surface area contributed by atoms with Crippen LogP contribution in [-0.4, -0.2) is 65.7 Å². The van der Waals surface area contributed by atoms with E-state index in [9.17, 15) is 13.2 Å². The van der Waals surface area contributed by atoms with Gasteiger partial charge in [0.25, 0.3) is 0 Å². The molecule has 0 aliphatic carbocycles. The molecule has 4 rings (SSSR count). The smallest absolute Gasteiger partial charge is 0.224 e. The molecule has 3 heterocycles. The van der Waals surface area contributed by atoms with Crippen LogP contribution in [-0.2, 0) is 21.1 Å². The third-order valence-electron chi connectivity index (χ3n) is 6.06. The molecule has 0 radical (unpaired) electrons. The number of nitrogens with one attached hydrogen (secondary N) is 1. The number of rotatable bonds is 5. The minimum atomic E-state index is -3.12. The lowest BCUT2D eigenvalue weighted by molar-refractivity contribution is -0.121. The molecule has 2 saturated heterocycles. The third-order valence-corrected chi connectivity index (χ3v) is 7.77. The van der Waals surface area contributed by atoms with E-state index in [1.54, 1.807) is 0 Å². The number of para-hydroxylation sites is 1. The van der Waals surface area contributed by atoms with Gasteiger partial charge in [-0.15, -0.1) is 0 Å². The fourth-order valence-electron chi connectivity index (χ4n) is 4.57. The predicted molar refractivity (Wildman–Crippen MR) is 112 cm³/mol. The van der Waals surface area contributed by atoms with Crippen LogP contribution in [0.4, 0.5) is 0 Å². The number of carbonyl (C=O) groups is 1. The van der Waals surface area contributed by atoms with E-state index in [1.165, 1.54) is 0 Å². The molecule has 156 valence electrons.